The lowest BCUT2D eigenvalue weighted by atomic mass is 10.0. The van der Waals surface area contributed by atoms with E-state index in [4.69, 9.17) is 5.73 Å². The maximum absolute atomic E-state index is 13.2. The van der Waals surface area contributed by atoms with Crippen molar-refractivity contribution in [1.29, 1.82) is 5.26 Å². The second-order valence-electron chi connectivity index (χ2n) is 9.06. The van der Waals surface area contributed by atoms with Gasteiger partial charge in [-0.05, 0) is 37.0 Å². The Bertz CT molecular complexity index is 1060. The molecule has 33 heavy (non-hydrogen) atoms. The van der Waals surface area contributed by atoms with Gasteiger partial charge in [0, 0.05) is 31.2 Å². The zero-order chi connectivity index (χ0) is 23.1. The molecule has 1 aromatic heterocycles. The quantitative estimate of drug-likeness (QED) is 0.629. The highest BCUT2D eigenvalue weighted by Crippen LogP contribution is 2.38. The number of tetrazole rings is 1. The number of rotatable bonds is 6. The summed E-state index contributed by atoms with van der Waals surface area (Å²) in [6.45, 7) is 3.65. The third kappa shape index (κ3) is 3.75. The van der Waals surface area contributed by atoms with Crippen molar-refractivity contribution in [2.45, 2.75) is 56.4 Å². The molecule has 2 bridgehead atoms. The Hall–Kier alpha value is -3.36. The molecular weight excluding hydrogens is 422 g/mol. The number of nitrogens with one attached hydrogen (secondary N) is 1. The summed E-state index contributed by atoms with van der Waals surface area (Å²) in [5.41, 5.74) is 8.12. The van der Waals surface area contributed by atoms with Crippen molar-refractivity contribution in [3.8, 4) is 17.5 Å². The van der Waals surface area contributed by atoms with Crippen molar-refractivity contribution in [3.63, 3.8) is 0 Å². The summed E-state index contributed by atoms with van der Waals surface area (Å²) in [5.74, 6) is 0.417. The van der Waals surface area contributed by atoms with Crippen molar-refractivity contribution < 1.29 is 9.59 Å². The van der Waals surface area contributed by atoms with Crippen LogP contribution in [0.4, 0.5) is 0 Å². The summed E-state index contributed by atoms with van der Waals surface area (Å²) in [6.07, 6.45) is 2.27. The van der Waals surface area contributed by atoms with Gasteiger partial charge in [-0.2, -0.15) is 10.5 Å². The van der Waals surface area contributed by atoms with Crippen LogP contribution in [0.25, 0.3) is 11.4 Å². The van der Waals surface area contributed by atoms with Gasteiger partial charge in [-0.15, -0.1) is 10.2 Å². The summed E-state index contributed by atoms with van der Waals surface area (Å²) in [6, 6.07) is 8.69. The van der Waals surface area contributed by atoms with Crippen LogP contribution >= 0.6 is 0 Å². The fourth-order valence-corrected chi connectivity index (χ4v) is 5.46. The molecule has 0 aliphatic carbocycles. The summed E-state index contributed by atoms with van der Waals surface area (Å²) in [5, 5.41) is 23.3. The zero-order valence-corrected chi connectivity index (χ0v) is 18.5. The summed E-state index contributed by atoms with van der Waals surface area (Å²) >= 11 is 0. The number of fused-ring (bicyclic) bond motifs is 2. The minimum Gasteiger partial charge on any atom is -0.330 e. The highest BCUT2D eigenvalue weighted by molar-refractivity contribution is 5.87. The molecule has 1 aromatic carbocycles. The van der Waals surface area contributed by atoms with Gasteiger partial charge in [-0.3, -0.25) is 14.5 Å². The largest absolute Gasteiger partial charge is 0.330 e. The minimum absolute atomic E-state index is 0.0646. The normalized spacial score (nSPS) is 26.6. The van der Waals surface area contributed by atoms with E-state index in [2.05, 4.69) is 26.7 Å². The van der Waals surface area contributed by atoms with Gasteiger partial charge >= 0.3 is 0 Å². The second kappa shape index (κ2) is 8.53. The number of nitrogens with zero attached hydrogens (tertiary/aromatic N) is 7. The lowest BCUT2D eigenvalue weighted by molar-refractivity contribution is -0.140. The Labute approximate surface area is 191 Å². The minimum atomic E-state index is -0.727. The number of benzene rings is 1. The highest BCUT2D eigenvalue weighted by atomic mass is 16.2. The summed E-state index contributed by atoms with van der Waals surface area (Å²) in [4.78, 5) is 31.6. The van der Waals surface area contributed by atoms with E-state index < -0.39 is 6.04 Å². The summed E-state index contributed by atoms with van der Waals surface area (Å²) in [7, 11) is 0. The Morgan fingerprint density at radius 1 is 1.36 bits per heavy atom. The average Bonchev–Trinajstić information content (AvgIpc) is 3.62. The van der Waals surface area contributed by atoms with E-state index in [9.17, 15) is 14.9 Å². The van der Waals surface area contributed by atoms with E-state index in [-0.39, 0.29) is 36.0 Å². The number of aromatic nitrogens is 4. The SMILES string of the molecule is C[C@H](c1ccc(-c2nn[nH]n2)cc1)N1C(=O)[C@H]2C[C@@H]1CN2C[C@H](N)C(=O)N1CCC[C@H]1C#N. The molecule has 5 rings (SSSR count). The fraction of sp³-hybridized carbons (Fsp3) is 0.545. The van der Waals surface area contributed by atoms with Crippen LogP contribution < -0.4 is 5.73 Å². The molecule has 2 amide bonds. The molecule has 0 saturated carbocycles. The maximum atomic E-state index is 13.2. The number of likely N-dealkylation sites (tertiary alicyclic amines) is 3. The predicted octanol–water partition coefficient (Wildman–Crippen LogP) is 0.0547. The van der Waals surface area contributed by atoms with E-state index in [1.54, 1.807) is 4.90 Å². The first-order valence-corrected chi connectivity index (χ1v) is 11.3. The van der Waals surface area contributed by atoms with Crippen molar-refractivity contribution in [1.82, 2.24) is 35.3 Å². The first-order chi connectivity index (χ1) is 16.0. The van der Waals surface area contributed by atoms with Crippen LogP contribution in [-0.2, 0) is 9.59 Å². The van der Waals surface area contributed by atoms with Crippen molar-refractivity contribution in [3.05, 3.63) is 29.8 Å². The van der Waals surface area contributed by atoms with Crippen molar-refractivity contribution in [2.24, 2.45) is 5.73 Å². The number of aromatic amines is 1. The molecule has 3 fully saturated rings. The van der Waals surface area contributed by atoms with E-state index in [1.165, 1.54) is 0 Å². The van der Waals surface area contributed by atoms with Crippen molar-refractivity contribution >= 4 is 11.8 Å². The van der Waals surface area contributed by atoms with Gasteiger partial charge in [-0.1, -0.05) is 24.3 Å². The molecule has 11 nitrogen and oxygen atoms in total. The molecule has 11 heteroatoms. The molecule has 0 unspecified atom stereocenters. The average molecular weight is 450 g/mol. The monoisotopic (exact) mass is 449 g/mol. The van der Waals surface area contributed by atoms with Crippen LogP contribution in [0, 0.1) is 11.3 Å². The smallest absolute Gasteiger partial charge is 0.241 e. The number of amides is 2. The Morgan fingerprint density at radius 2 is 2.15 bits per heavy atom. The number of hydrogen-bond acceptors (Lipinski definition) is 8. The van der Waals surface area contributed by atoms with Crippen LogP contribution in [0.3, 0.4) is 0 Å². The van der Waals surface area contributed by atoms with E-state index in [0.29, 0.717) is 31.9 Å². The molecular formula is C22H27N9O2. The van der Waals surface area contributed by atoms with Gasteiger partial charge in [0.2, 0.25) is 17.6 Å². The molecule has 2 aromatic rings. The maximum Gasteiger partial charge on any atom is 0.241 e. The molecule has 5 atom stereocenters. The molecule has 3 aliphatic heterocycles. The standard InChI is InChI=1S/C22H27N9O2/c1-13(14-4-6-15(7-5-14)20-25-27-28-26-20)31-17-9-19(22(31)33)29(11-17)12-18(24)21(32)30-8-2-3-16(30)10-23/h4-7,13,16-19H,2-3,8-9,11-12,24H2,1H3,(H,25,26,27,28)/t13-,16+,17-,18+,19-/m1/s1. The van der Waals surface area contributed by atoms with Gasteiger partial charge in [0.05, 0.1) is 24.2 Å². The van der Waals surface area contributed by atoms with Gasteiger partial charge in [0.15, 0.2) is 0 Å². The predicted molar refractivity (Wildman–Crippen MR) is 117 cm³/mol. The van der Waals surface area contributed by atoms with Crippen molar-refractivity contribution in [2.75, 3.05) is 19.6 Å². The van der Waals surface area contributed by atoms with E-state index >= 15 is 0 Å². The highest BCUT2D eigenvalue weighted by Gasteiger charge is 2.51. The third-order valence-electron chi connectivity index (χ3n) is 7.16. The number of carbonyl (C=O) groups excluding carboxylic acids is 2. The van der Waals surface area contributed by atoms with Gasteiger partial charge in [0.1, 0.15) is 6.04 Å². The third-order valence-corrected chi connectivity index (χ3v) is 7.16. The topological polar surface area (TPSA) is 148 Å². The number of nitriles is 1. The molecule has 0 spiro atoms. The van der Waals surface area contributed by atoms with E-state index in [0.717, 1.165) is 24.0 Å². The molecule has 172 valence electrons. The molecule has 0 radical (unpaired) electrons. The van der Waals surface area contributed by atoms with E-state index in [1.807, 2.05) is 41.0 Å². The lowest BCUT2D eigenvalue weighted by Crippen LogP contribution is -2.56. The van der Waals surface area contributed by atoms with Crippen LogP contribution in [-0.4, -0.2) is 90.9 Å². The van der Waals surface area contributed by atoms with Gasteiger partial charge < -0.3 is 15.5 Å². The number of nitrogens with two attached hydrogens (primary N) is 1. The van der Waals surface area contributed by atoms with Crippen LogP contribution in [0.5, 0.6) is 0 Å². The van der Waals surface area contributed by atoms with Gasteiger partial charge in [0.25, 0.3) is 0 Å². The Kier molecular flexibility index (Phi) is 5.55. The van der Waals surface area contributed by atoms with Crippen LogP contribution in [0.15, 0.2) is 24.3 Å². The Morgan fingerprint density at radius 3 is 2.82 bits per heavy atom. The van der Waals surface area contributed by atoms with Crippen LogP contribution in [0.2, 0.25) is 0 Å². The van der Waals surface area contributed by atoms with Crippen LogP contribution in [0.1, 0.15) is 37.8 Å². The fourth-order valence-electron chi connectivity index (χ4n) is 5.46. The first kappa shape index (κ1) is 21.5. The number of carbonyl (C=O) groups is 2. The van der Waals surface area contributed by atoms with Gasteiger partial charge in [-0.25, -0.2) is 0 Å². The zero-order valence-electron chi connectivity index (χ0n) is 18.5. The molecule has 3 aliphatic rings. The summed E-state index contributed by atoms with van der Waals surface area (Å²) < 4.78 is 0. The molecule has 4 heterocycles. The molecule has 3 saturated heterocycles. The molecule has 3 N–H and O–H groups in total. The second-order valence-corrected chi connectivity index (χ2v) is 9.06. The number of hydrogen-bond donors (Lipinski definition) is 2. The lowest BCUT2D eigenvalue weighted by Gasteiger charge is -2.38. The Balaban J connectivity index is 1.22. The number of H-pyrrole nitrogens is 1. The number of piperazine rings is 1. The first-order valence-electron chi connectivity index (χ1n) is 11.3.